The van der Waals surface area contributed by atoms with E-state index in [-0.39, 0.29) is 0 Å². The van der Waals surface area contributed by atoms with Crippen LogP contribution in [-0.2, 0) is 0 Å². The molecule has 0 aliphatic heterocycles. The minimum Gasteiger partial charge on any atom is -0.200 e. The maximum atomic E-state index is 6.17. The van der Waals surface area contributed by atoms with E-state index < -0.39 is 6.15 Å². The van der Waals surface area contributed by atoms with Gasteiger partial charge < -0.3 is 0 Å². The van der Waals surface area contributed by atoms with E-state index in [2.05, 4.69) is 43.3 Å². The molecular weight excluding hydrogens is 381 g/mol. The number of unbranched alkanes of at least 4 members (excludes halogenated alkanes) is 1. The van der Waals surface area contributed by atoms with Crippen LogP contribution >= 0.6 is 34.8 Å². The average molecular weight is 403 g/mol. The molecule has 0 N–H and O–H groups in total. The van der Waals surface area contributed by atoms with Crippen molar-refractivity contribution in [2.24, 2.45) is 0 Å². The number of hydrogen-bond acceptors (Lipinski definition) is 0. The standard InChI is InChI=1S/C22H21BCl3/c1-2-3-16-23(17-4-10-20(24)11-5-17,18-6-12-21(25)13-7-18)19-8-14-22(26)15-9-19/h4-15H,2-3,16H2,1H3/q-1. The van der Waals surface area contributed by atoms with E-state index in [1.165, 1.54) is 16.4 Å². The van der Waals surface area contributed by atoms with E-state index in [1.807, 2.05) is 36.4 Å². The van der Waals surface area contributed by atoms with Crippen LogP contribution in [0.15, 0.2) is 72.8 Å². The first-order valence-corrected chi connectivity index (χ1v) is 10.1. The Hall–Kier alpha value is -1.41. The fraction of sp³-hybridized carbons (Fsp3) is 0.182. The Bertz CT molecular complexity index is 729. The van der Waals surface area contributed by atoms with Crippen LogP contribution in [0.3, 0.4) is 0 Å². The second kappa shape index (κ2) is 8.52. The highest BCUT2D eigenvalue weighted by Gasteiger charge is 2.29. The van der Waals surface area contributed by atoms with Gasteiger partial charge in [-0.15, -0.1) is 0 Å². The molecule has 0 unspecified atom stereocenters. The van der Waals surface area contributed by atoms with Gasteiger partial charge in [-0.2, -0.15) is 22.7 Å². The first kappa shape index (κ1) is 19.4. The van der Waals surface area contributed by atoms with Gasteiger partial charge in [0.15, 0.2) is 0 Å². The summed E-state index contributed by atoms with van der Waals surface area (Å²) < 4.78 is 0. The molecule has 0 spiro atoms. The Morgan fingerprint density at radius 2 is 0.885 bits per heavy atom. The lowest BCUT2D eigenvalue weighted by Gasteiger charge is -2.43. The number of halogens is 3. The van der Waals surface area contributed by atoms with Crippen molar-refractivity contribution in [3.8, 4) is 0 Å². The second-order valence-corrected chi connectivity index (χ2v) is 8.15. The molecule has 0 aliphatic carbocycles. The summed E-state index contributed by atoms with van der Waals surface area (Å²) in [4.78, 5) is 0. The Morgan fingerprint density at radius 1 is 0.577 bits per heavy atom. The highest BCUT2D eigenvalue weighted by molar-refractivity contribution is 7.11. The monoisotopic (exact) mass is 401 g/mol. The van der Waals surface area contributed by atoms with Crippen LogP contribution < -0.4 is 16.4 Å². The molecule has 0 amide bonds. The zero-order valence-electron chi connectivity index (χ0n) is 14.8. The molecule has 26 heavy (non-hydrogen) atoms. The molecule has 4 heteroatoms. The quantitative estimate of drug-likeness (QED) is 0.449. The van der Waals surface area contributed by atoms with Crippen molar-refractivity contribution in [2.75, 3.05) is 0 Å². The van der Waals surface area contributed by atoms with Gasteiger partial charge >= 0.3 is 0 Å². The summed E-state index contributed by atoms with van der Waals surface area (Å²) >= 11 is 18.5. The van der Waals surface area contributed by atoms with Crippen LogP contribution in [-0.4, -0.2) is 6.15 Å². The third-order valence-corrected chi connectivity index (χ3v) is 6.06. The van der Waals surface area contributed by atoms with Crippen LogP contribution in [0.5, 0.6) is 0 Å². The molecule has 0 atom stereocenters. The van der Waals surface area contributed by atoms with Gasteiger partial charge in [0.1, 0.15) is 0 Å². The Labute approximate surface area is 171 Å². The largest absolute Gasteiger partial charge is 0.200 e. The molecule has 0 nitrogen and oxygen atoms in total. The predicted octanol–water partition coefficient (Wildman–Crippen LogP) is 5.92. The zero-order valence-corrected chi connectivity index (χ0v) is 17.0. The van der Waals surface area contributed by atoms with Crippen LogP contribution in [0.25, 0.3) is 0 Å². The van der Waals surface area contributed by atoms with Gasteiger partial charge in [0.25, 0.3) is 0 Å². The lowest BCUT2D eigenvalue weighted by Crippen LogP contribution is -2.66. The number of hydrogen-bond donors (Lipinski definition) is 0. The molecular formula is C22H21BCl3-. The molecule has 0 aliphatic rings. The summed E-state index contributed by atoms with van der Waals surface area (Å²) in [6.45, 7) is 2.23. The van der Waals surface area contributed by atoms with Gasteiger partial charge in [0.05, 0.1) is 6.15 Å². The van der Waals surface area contributed by atoms with Crippen molar-refractivity contribution in [1.82, 2.24) is 0 Å². The van der Waals surface area contributed by atoms with Gasteiger partial charge in [-0.25, -0.2) is 0 Å². The van der Waals surface area contributed by atoms with E-state index in [0.29, 0.717) is 0 Å². The molecule has 0 saturated carbocycles. The molecule has 0 fully saturated rings. The molecule has 3 aromatic carbocycles. The summed E-state index contributed by atoms with van der Waals surface area (Å²) in [5, 5.41) is 2.25. The van der Waals surface area contributed by atoms with Gasteiger partial charge in [-0.1, -0.05) is 91.0 Å². The Kier molecular flexibility index (Phi) is 6.35. The summed E-state index contributed by atoms with van der Waals surface area (Å²) in [5.74, 6) is 0. The molecule has 0 radical (unpaired) electrons. The van der Waals surface area contributed by atoms with Crippen LogP contribution in [0.1, 0.15) is 19.8 Å². The van der Waals surface area contributed by atoms with Crippen molar-refractivity contribution < 1.29 is 0 Å². The smallest absolute Gasteiger partial charge is 0.0814 e. The lowest BCUT2D eigenvalue weighted by atomic mass is 9.14. The first-order chi connectivity index (χ1) is 12.6. The minimum absolute atomic E-state index is 0.751. The van der Waals surface area contributed by atoms with Crippen molar-refractivity contribution in [2.45, 2.75) is 26.1 Å². The summed E-state index contributed by atoms with van der Waals surface area (Å²) in [6.07, 6.45) is 2.19. The Morgan fingerprint density at radius 3 is 1.15 bits per heavy atom. The maximum Gasteiger partial charge on any atom is 0.0814 e. The van der Waals surface area contributed by atoms with Gasteiger partial charge in [-0.05, 0) is 36.4 Å². The highest BCUT2D eigenvalue weighted by Crippen LogP contribution is 2.20. The van der Waals surface area contributed by atoms with Gasteiger partial charge in [0.2, 0.25) is 0 Å². The summed E-state index contributed by atoms with van der Waals surface area (Å²) in [5.41, 5.74) is 3.85. The van der Waals surface area contributed by atoms with E-state index in [4.69, 9.17) is 34.8 Å². The van der Waals surface area contributed by atoms with Crippen molar-refractivity contribution in [1.29, 1.82) is 0 Å². The van der Waals surface area contributed by atoms with E-state index >= 15 is 0 Å². The SMILES string of the molecule is CCCC[B-](c1ccc(Cl)cc1)(c1ccc(Cl)cc1)c1ccc(Cl)cc1. The van der Waals surface area contributed by atoms with Gasteiger partial charge in [0, 0.05) is 15.1 Å². The Balaban J connectivity index is 2.27. The zero-order chi connectivity index (χ0) is 18.6. The summed E-state index contributed by atoms with van der Waals surface area (Å²) in [6, 6.07) is 24.8. The van der Waals surface area contributed by atoms with Gasteiger partial charge in [-0.3, -0.25) is 0 Å². The normalized spacial score (nSPS) is 11.5. The maximum absolute atomic E-state index is 6.17. The molecule has 134 valence electrons. The molecule has 0 bridgehead atoms. The molecule has 3 aromatic rings. The minimum atomic E-state index is -1.13. The van der Waals surface area contributed by atoms with Crippen molar-refractivity contribution in [3.05, 3.63) is 87.9 Å². The third kappa shape index (κ3) is 3.96. The fourth-order valence-electron chi connectivity index (χ4n) is 3.96. The predicted molar refractivity (Wildman–Crippen MR) is 119 cm³/mol. The van der Waals surface area contributed by atoms with Crippen LogP contribution in [0, 0.1) is 0 Å². The van der Waals surface area contributed by atoms with E-state index in [9.17, 15) is 0 Å². The molecule has 3 rings (SSSR count). The van der Waals surface area contributed by atoms with Crippen molar-refractivity contribution in [3.63, 3.8) is 0 Å². The van der Waals surface area contributed by atoms with Crippen molar-refractivity contribution >= 4 is 57.3 Å². The highest BCUT2D eigenvalue weighted by atomic mass is 35.5. The first-order valence-electron chi connectivity index (χ1n) is 9.01. The molecule has 0 saturated heterocycles. The number of benzene rings is 3. The van der Waals surface area contributed by atoms with E-state index in [0.717, 1.165) is 34.2 Å². The molecule has 0 aromatic heterocycles. The summed E-state index contributed by atoms with van der Waals surface area (Å²) in [7, 11) is 0. The fourth-order valence-corrected chi connectivity index (χ4v) is 4.34. The number of rotatable bonds is 6. The third-order valence-electron chi connectivity index (χ3n) is 5.31. The average Bonchev–Trinajstić information content (AvgIpc) is 2.66. The molecule has 0 heterocycles. The van der Waals surface area contributed by atoms with Crippen LogP contribution in [0.4, 0.5) is 0 Å². The van der Waals surface area contributed by atoms with Crippen LogP contribution in [0.2, 0.25) is 21.4 Å². The van der Waals surface area contributed by atoms with E-state index in [1.54, 1.807) is 0 Å². The lowest BCUT2D eigenvalue weighted by molar-refractivity contribution is 0.874. The second-order valence-electron chi connectivity index (χ2n) is 6.84. The topological polar surface area (TPSA) is 0 Å².